The van der Waals surface area contributed by atoms with E-state index in [1.54, 1.807) is 19.1 Å². The number of hydrogen-bond acceptors (Lipinski definition) is 5. The number of ketones is 1. The highest BCUT2D eigenvalue weighted by atomic mass is 16.5. The van der Waals surface area contributed by atoms with Crippen LogP contribution in [0.4, 0.5) is 11.4 Å². The van der Waals surface area contributed by atoms with Crippen molar-refractivity contribution in [3.8, 4) is 0 Å². The van der Waals surface area contributed by atoms with Gasteiger partial charge in [0.05, 0.1) is 12.3 Å². The van der Waals surface area contributed by atoms with Crippen LogP contribution in [0.3, 0.4) is 0 Å². The van der Waals surface area contributed by atoms with Gasteiger partial charge in [0, 0.05) is 11.3 Å². The van der Waals surface area contributed by atoms with Crippen molar-refractivity contribution in [1.82, 2.24) is 0 Å². The molecular weight excluding hydrogens is 316 g/mol. The summed E-state index contributed by atoms with van der Waals surface area (Å²) in [5.41, 5.74) is 3.88. The van der Waals surface area contributed by atoms with E-state index in [0.29, 0.717) is 11.3 Å². The monoisotopic (exact) mass is 336 g/mol. The zero-order valence-corrected chi connectivity index (χ0v) is 14.5. The number of carbonyl (C=O) groups excluding carboxylic acids is 2. The first kappa shape index (κ1) is 16.9. The summed E-state index contributed by atoms with van der Waals surface area (Å²) in [6.45, 7) is 5.83. The highest BCUT2D eigenvalue weighted by Crippen LogP contribution is 2.29. The summed E-state index contributed by atoms with van der Waals surface area (Å²) in [5.74, 6) is -0.759. The minimum Gasteiger partial charge on any atom is -0.461 e. The van der Waals surface area contributed by atoms with Gasteiger partial charge in [0.15, 0.2) is 11.5 Å². The smallest absolute Gasteiger partial charge is 0.355 e. The van der Waals surface area contributed by atoms with Crippen LogP contribution in [0.1, 0.15) is 28.4 Å². The molecule has 0 aromatic heterocycles. The topological polar surface area (TPSA) is 67.8 Å². The molecule has 5 nitrogen and oxygen atoms in total. The summed E-state index contributed by atoms with van der Waals surface area (Å²) < 4.78 is 5.10. The van der Waals surface area contributed by atoms with E-state index in [0.717, 1.165) is 16.8 Å². The van der Waals surface area contributed by atoms with E-state index in [2.05, 4.69) is 10.3 Å². The molecule has 25 heavy (non-hydrogen) atoms. The Morgan fingerprint density at radius 2 is 1.92 bits per heavy atom. The Morgan fingerprint density at radius 1 is 1.16 bits per heavy atom. The lowest BCUT2D eigenvalue weighted by Gasteiger charge is -2.24. The molecule has 0 bridgehead atoms. The Bertz CT molecular complexity index is 871. The lowest BCUT2D eigenvalue weighted by atomic mass is 9.93. The minimum absolute atomic E-state index is 0.0877. The number of hydrogen-bond donors (Lipinski definition) is 1. The van der Waals surface area contributed by atoms with Gasteiger partial charge in [-0.2, -0.15) is 0 Å². The van der Waals surface area contributed by atoms with Gasteiger partial charge in [-0.05, 0) is 50.6 Å². The Labute approximate surface area is 146 Å². The molecule has 5 heteroatoms. The molecule has 0 aliphatic carbocycles. The maximum absolute atomic E-state index is 13.0. The molecule has 0 radical (unpaired) electrons. The highest BCUT2D eigenvalue weighted by Gasteiger charge is 2.36. The maximum Gasteiger partial charge on any atom is 0.355 e. The molecule has 1 heterocycles. The maximum atomic E-state index is 13.0. The third-order valence-corrected chi connectivity index (χ3v) is 4.01. The Kier molecular flexibility index (Phi) is 4.65. The van der Waals surface area contributed by atoms with Crippen LogP contribution in [0.5, 0.6) is 0 Å². The fraction of sp³-hybridized carbons (Fsp3) is 0.250. The van der Waals surface area contributed by atoms with Gasteiger partial charge in [-0.3, -0.25) is 4.79 Å². The van der Waals surface area contributed by atoms with Crippen molar-refractivity contribution < 1.29 is 14.3 Å². The SMILES string of the molecule is CCOC(=O)C1=Nc2ccc(C)cc2C(=O)C1Nc1cccc(C)c1. The number of anilines is 1. The minimum atomic E-state index is -0.866. The van der Waals surface area contributed by atoms with Crippen molar-refractivity contribution in [2.75, 3.05) is 11.9 Å². The fourth-order valence-electron chi connectivity index (χ4n) is 2.82. The zero-order chi connectivity index (χ0) is 18.0. The lowest BCUT2D eigenvalue weighted by molar-refractivity contribution is -0.135. The van der Waals surface area contributed by atoms with Crippen LogP contribution in [0, 0.1) is 13.8 Å². The Morgan fingerprint density at radius 3 is 2.64 bits per heavy atom. The molecule has 0 saturated heterocycles. The molecular formula is C20H20N2O3. The summed E-state index contributed by atoms with van der Waals surface area (Å²) in [7, 11) is 0. The average molecular weight is 336 g/mol. The number of aryl methyl sites for hydroxylation is 2. The van der Waals surface area contributed by atoms with E-state index in [4.69, 9.17) is 4.74 Å². The summed E-state index contributed by atoms with van der Waals surface area (Å²) in [5, 5.41) is 3.14. The molecule has 1 aliphatic heterocycles. The van der Waals surface area contributed by atoms with Crippen LogP contribution >= 0.6 is 0 Å². The quantitative estimate of drug-likeness (QED) is 0.866. The van der Waals surface area contributed by atoms with Gasteiger partial charge in [0.1, 0.15) is 6.04 Å². The van der Waals surface area contributed by atoms with Gasteiger partial charge in [0.2, 0.25) is 0 Å². The van der Waals surface area contributed by atoms with Crippen LogP contribution in [-0.4, -0.2) is 30.1 Å². The second-order valence-corrected chi connectivity index (χ2v) is 6.05. The predicted octanol–water partition coefficient (Wildman–Crippen LogP) is 3.62. The number of rotatable bonds is 4. The first-order valence-corrected chi connectivity index (χ1v) is 8.23. The van der Waals surface area contributed by atoms with Gasteiger partial charge in [-0.1, -0.05) is 23.8 Å². The number of nitrogens with zero attached hydrogens (tertiary/aromatic N) is 1. The summed E-state index contributed by atoms with van der Waals surface area (Å²) >= 11 is 0. The molecule has 0 saturated carbocycles. The molecule has 1 aliphatic rings. The number of fused-ring (bicyclic) bond motifs is 1. The van der Waals surface area contributed by atoms with Crippen LogP contribution in [0.15, 0.2) is 47.5 Å². The zero-order valence-electron chi connectivity index (χ0n) is 14.5. The molecule has 1 atom stereocenters. The van der Waals surface area contributed by atoms with E-state index in [1.165, 1.54) is 0 Å². The van der Waals surface area contributed by atoms with Crippen molar-refractivity contribution in [2.45, 2.75) is 26.8 Å². The second kappa shape index (κ2) is 6.89. The predicted molar refractivity (Wildman–Crippen MR) is 97.8 cm³/mol. The first-order valence-electron chi connectivity index (χ1n) is 8.23. The third-order valence-electron chi connectivity index (χ3n) is 4.01. The molecule has 1 unspecified atom stereocenters. The number of esters is 1. The number of nitrogens with one attached hydrogen (secondary N) is 1. The van der Waals surface area contributed by atoms with Gasteiger partial charge in [-0.15, -0.1) is 0 Å². The molecule has 128 valence electrons. The lowest BCUT2D eigenvalue weighted by Crippen LogP contribution is -2.44. The molecule has 2 aromatic rings. The van der Waals surface area contributed by atoms with Crippen molar-refractivity contribution in [3.63, 3.8) is 0 Å². The standard InChI is InChI=1S/C20H20N2O3/c1-4-25-20(24)18-17(21-14-7-5-6-12(2)10-14)19(23)15-11-13(3)8-9-16(15)22-18/h5-11,17,21H,4H2,1-3H3. The van der Waals surface area contributed by atoms with E-state index < -0.39 is 12.0 Å². The summed E-state index contributed by atoms with van der Waals surface area (Å²) in [6.07, 6.45) is 0. The Balaban J connectivity index is 2.04. The van der Waals surface area contributed by atoms with Crippen LogP contribution in [0.2, 0.25) is 0 Å². The van der Waals surface area contributed by atoms with E-state index >= 15 is 0 Å². The van der Waals surface area contributed by atoms with E-state index in [9.17, 15) is 9.59 Å². The molecule has 3 rings (SSSR count). The molecule has 0 spiro atoms. The highest BCUT2D eigenvalue weighted by molar-refractivity contribution is 6.46. The van der Waals surface area contributed by atoms with Crippen LogP contribution in [-0.2, 0) is 9.53 Å². The average Bonchev–Trinajstić information content (AvgIpc) is 2.58. The summed E-state index contributed by atoms with van der Waals surface area (Å²) in [6, 6.07) is 12.2. The summed E-state index contributed by atoms with van der Waals surface area (Å²) in [4.78, 5) is 29.8. The number of ether oxygens (including phenoxy) is 1. The van der Waals surface area contributed by atoms with Gasteiger partial charge in [0.25, 0.3) is 0 Å². The van der Waals surface area contributed by atoms with Gasteiger partial charge >= 0.3 is 5.97 Å². The van der Waals surface area contributed by atoms with Crippen molar-refractivity contribution in [2.24, 2.45) is 4.99 Å². The molecule has 1 N–H and O–H groups in total. The van der Waals surface area contributed by atoms with E-state index in [-0.39, 0.29) is 18.1 Å². The third kappa shape index (κ3) is 3.45. The van der Waals surface area contributed by atoms with Crippen molar-refractivity contribution in [1.29, 1.82) is 0 Å². The molecule has 0 fully saturated rings. The molecule has 2 aromatic carbocycles. The largest absolute Gasteiger partial charge is 0.461 e. The molecule has 0 amide bonds. The first-order chi connectivity index (χ1) is 12.0. The van der Waals surface area contributed by atoms with Gasteiger partial charge < -0.3 is 10.1 Å². The number of Topliss-reactive ketones (excluding diaryl/α,β-unsaturated/α-hetero) is 1. The van der Waals surface area contributed by atoms with Crippen LogP contribution < -0.4 is 5.32 Å². The fourth-order valence-corrected chi connectivity index (χ4v) is 2.82. The van der Waals surface area contributed by atoms with E-state index in [1.807, 2.05) is 44.2 Å². The number of aliphatic imine (C=N–C) groups is 1. The van der Waals surface area contributed by atoms with Crippen LogP contribution in [0.25, 0.3) is 0 Å². The normalized spacial score (nSPS) is 16.0. The van der Waals surface area contributed by atoms with Gasteiger partial charge in [-0.25, -0.2) is 9.79 Å². The second-order valence-electron chi connectivity index (χ2n) is 6.05. The number of carbonyl (C=O) groups is 2. The number of benzene rings is 2. The van der Waals surface area contributed by atoms with Crippen molar-refractivity contribution >= 4 is 28.8 Å². The van der Waals surface area contributed by atoms with Crippen molar-refractivity contribution in [3.05, 3.63) is 59.2 Å². The Hall–Kier alpha value is -2.95.